The average Bonchev–Trinajstić information content (AvgIpc) is 3.08. The van der Waals surface area contributed by atoms with E-state index < -0.39 is 0 Å². The van der Waals surface area contributed by atoms with Crippen LogP contribution in [0.15, 0.2) is 28.6 Å². The standard InChI is InChI=1S/C18H26N4O2S2/c1-13(2)10-22-8-9-24-14(11-22)12-25-18-21-20-17(26-18)19-15-6-4-5-7-16(15)23-3/h4-7,13-14H,8-12H2,1-3H3,(H,19,20)/p+1/t14-/m0/s1. The van der Waals surface area contributed by atoms with Gasteiger partial charge in [0.1, 0.15) is 24.9 Å². The highest BCUT2D eigenvalue weighted by molar-refractivity contribution is 8.01. The van der Waals surface area contributed by atoms with Crippen molar-refractivity contribution in [2.75, 3.05) is 44.4 Å². The van der Waals surface area contributed by atoms with Crippen molar-refractivity contribution in [3.05, 3.63) is 24.3 Å². The summed E-state index contributed by atoms with van der Waals surface area (Å²) >= 11 is 3.28. The molecular formula is C18H27N4O2S2+. The number of benzene rings is 1. The highest BCUT2D eigenvalue weighted by Crippen LogP contribution is 2.31. The Hall–Kier alpha value is -1.35. The molecule has 2 heterocycles. The first kappa shape index (κ1) is 19.4. The zero-order chi connectivity index (χ0) is 18.4. The molecule has 0 radical (unpaired) electrons. The van der Waals surface area contributed by atoms with Crippen LogP contribution in [-0.2, 0) is 4.74 Å². The largest absolute Gasteiger partial charge is 0.495 e. The molecule has 1 aromatic heterocycles. The van der Waals surface area contributed by atoms with Crippen LogP contribution in [0.4, 0.5) is 10.8 Å². The second-order valence-electron chi connectivity index (χ2n) is 6.80. The Morgan fingerprint density at radius 1 is 1.38 bits per heavy atom. The number of nitrogens with zero attached hydrogens (tertiary/aromatic N) is 2. The van der Waals surface area contributed by atoms with Gasteiger partial charge in [0.05, 0.1) is 25.9 Å². The van der Waals surface area contributed by atoms with Crippen LogP contribution in [0, 0.1) is 5.92 Å². The Morgan fingerprint density at radius 3 is 3.04 bits per heavy atom. The van der Waals surface area contributed by atoms with Gasteiger partial charge < -0.3 is 19.7 Å². The fraction of sp³-hybridized carbons (Fsp3) is 0.556. The second-order valence-corrected chi connectivity index (χ2v) is 9.05. The van der Waals surface area contributed by atoms with Crippen LogP contribution in [0.5, 0.6) is 5.75 Å². The highest BCUT2D eigenvalue weighted by Gasteiger charge is 2.24. The van der Waals surface area contributed by atoms with Crippen molar-refractivity contribution in [2.24, 2.45) is 5.92 Å². The van der Waals surface area contributed by atoms with Gasteiger partial charge >= 0.3 is 0 Å². The summed E-state index contributed by atoms with van der Waals surface area (Å²) in [6, 6.07) is 7.80. The van der Waals surface area contributed by atoms with E-state index in [1.807, 2.05) is 24.3 Å². The molecule has 0 spiro atoms. The number of hydrogen-bond acceptors (Lipinski definition) is 7. The van der Waals surface area contributed by atoms with E-state index in [0.29, 0.717) is 0 Å². The number of hydrogen-bond donors (Lipinski definition) is 2. The lowest BCUT2D eigenvalue weighted by Gasteiger charge is -2.30. The van der Waals surface area contributed by atoms with Crippen molar-refractivity contribution in [2.45, 2.75) is 24.3 Å². The molecule has 1 aromatic carbocycles. The molecule has 0 saturated carbocycles. The summed E-state index contributed by atoms with van der Waals surface area (Å²) < 4.78 is 12.2. The maximum Gasteiger partial charge on any atom is 0.210 e. The molecule has 1 aliphatic heterocycles. The van der Waals surface area contributed by atoms with Gasteiger partial charge in [-0.2, -0.15) is 0 Å². The number of ether oxygens (including phenoxy) is 2. The summed E-state index contributed by atoms with van der Waals surface area (Å²) in [5, 5.41) is 12.6. The first-order chi connectivity index (χ1) is 12.6. The lowest BCUT2D eigenvalue weighted by atomic mass is 10.2. The van der Waals surface area contributed by atoms with E-state index in [2.05, 4.69) is 29.4 Å². The Kier molecular flexibility index (Phi) is 7.13. The van der Waals surface area contributed by atoms with Crippen LogP contribution >= 0.6 is 23.1 Å². The molecule has 1 saturated heterocycles. The minimum atomic E-state index is 0.289. The van der Waals surface area contributed by atoms with Crippen LogP contribution < -0.4 is 15.0 Å². The quantitative estimate of drug-likeness (QED) is 0.669. The normalized spacial score (nSPS) is 20.3. The summed E-state index contributed by atoms with van der Waals surface area (Å²) in [5.74, 6) is 2.44. The Labute approximate surface area is 163 Å². The monoisotopic (exact) mass is 395 g/mol. The number of quaternary nitrogens is 1. The average molecular weight is 396 g/mol. The lowest BCUT2D eigenvalue weighted by Crippen LogP contribution is -3.15. The smallest absolute Gasteiger partial charge is 0.210 e. The fourth-order valence-corrected chi connectivity index (χ4v) is 4.88. The number of rotatable bonds is 8. The van der Waals surface area contributed by atoms with E-state index in [9.17, 15) is 0 Å². The third-order valence-corrected chi connectivity index (χ3v) is 6.27. The Balaban J connectivity index is 1.51. The summed E-state index contributed by atoms with van der Waals surface area (Å²) in [6.45, 7) is 8.83. The number of nitrogens with one attached hydrogen (secondary N) is 2. The van der Waals surface area contributed by atoms with Gasteiger partial charge in [0.25, 0.3) is 0 Å². The van der Waals surface area contributed by atoms with Gasteiger partial charge in [-0.25, -0.2) is 0 Å². The third-order valence-electron chi connectivity index (χ3n) is 4.17. The predicted octanol–water partition coefficient (Wildman–Crippen LogP) is 2.32. The van der Waals surface area contributed by atoms with Crippen molar-refractivity contribution >= 4 is 33.9 Å². The summed E-state index contributed by atoms with van der Waals surface area (Å²) in [6.07, 6.45) is 0.289. The van der Waals surface area contributed by atoms with E-state index in [4.69, 9.17) is 9.47 Å². The van der Waals surface area contributed by atoms with E-state index >= 15 is 0 Å². The third kappa shape index (κ3) is 5.57. The zero-order valence-corrected chi connectivity index (χ0v) is 17.2. The van der Waals surface area contributed by atoms with Gasteiger partial charge in [-0.3, -0.25) is 0 Å². The molecule has 2 N–H and O–H groups in total. The molecule has 2 aromatic rings. The lowest BCUT2D eigenvalue weighted by molar-refractivity contribution is -0.914. The van der Waals surface area contributed by atoms with Crippen molar-refractivity contribution in [3.8, 4) is 5.75 Å². The molecule has 0 aliphatic carbocycles. The fourth-order valence-electron chi connectivity index (χ4n) is 3.07. The van der Waals surface area contributed by atoms with Gasteiger partial charge in [0.15, 0.2) is 4.34 Å². The first-order valence-electron chi connectivity index (χ1n) is 8.95. The van der Waals surface area contributed by atoms with Gasteiger partial charge in [0.2, 0.25) is 5.13 Å². The van der Waals surface area contributed by atoms with Gasteiger partial charge in [-0.1, -0.05) is 49.1 Å². The molecule has 0 bridgehead atoms. The van der Waals surface area contributed by atoms with Crippen LogP contribution in [0.3, 0.4) is 0 Å². The molecule has 1 fully saturated rings. The van der Waals surface area contributed by atoms with Crippen molar-refractivity contribution in [3.63, 3.8) is 0 Å². The Bertz CT molecular complexity index is 695. The van der Waals surface area contributed by atoms with Crippen molar-refractivity contribution in [1.29, 1.82) is 0 Å². The molecule has 2 atom stereocenters. The summed E-state index contributed by atoms with van der Waals surface area (Å²) in [7, 11) is 1.66. The van der Waals surface area contributed by atoms with Crippen LogP contribution in [0.1, 0.15) is 13.8 Å². The summed E-state index contributed by atoms with van der Waals surface area (Å²) in [5.41, 5.74) is 0.895. The van der Waals surface area contributed by atoms with Gasteiger partial charge in [-0.05, 0) is 12.1 Å². The number of para-hydroxylation sites is 2. The van der Waals surface area contributed by atoms with Crippen molar-refractivity contribution in [1.82, 2.24) is 10.2 Å². The molecule has 1 aliphatic rings. The minimum Gasteiger partial charge on any atom is -0.495 e. The first-order valence-corrected chi connectivity index (χ1v) is 10.8. The number of thioether (sulfide) groups is 1. The van der Waals surface area contributed by atoms with E-state index in [-0.39, 0.29) is 6.10 Å². The Morgan fingerprint density at radius 2 is 2.23 bits per heavy atom. The van der Waals surface area contributed by atoms with Gasteiger partial charge in [0, 0.05) is 11.7 Å². The van der Waals surface area contributed by atoms with E-state index in [1.165, 1.54) is 6.54 Å². The molecule has 0 amide bonds. The molecular weight excluding hydrogens is 368 g/mol. The molecule has 142 valence electrons. The predicted molar refractivity (Wildman–Crippen MR) is 107 cm³/mol. The molecule has 1 unspecified atom stereocenters. The van der Waals surface area contributed by atoms with E-state index in [1.54, 1.807) is 35.1 Å². The van der Waals surface area contributed by atoms with Crippen LogP contribution in [-0.4, -0.2) is 55.4 Å². The zero-order valence-electron chi connectivity index (χ0n) is 15.5. The van der Waals surface area contributed by atoms with Gasteiger partial charge in [-0.15, -0.1) is 10.2 Å². The highest BCUT2D eigenvalue weighted by atomic mass is 32.2. The maximum absolute atomic E-state index is 5.93. The van der Waals surface area contributed by atoms with E-state index in [0.717, 1.165) is 52.3 Å². The molecule has 8 heteroatoms. The van der Waals surface area contributed by atoms with Crippen LogP contribution in [0.2, 0.25) is 0 Å². The summed E-state index contributed by atoms with van der Waals surface area (Å²) in [4.78, 5) is 1.65. The number of morpholine rings is 1. The molecule has 3 rings (SSSR count). The second kappa shape index (κ2) is 9.55. The SMILES string of the molecule is COc1ccccc1Nc1nnc(SC[C@@H]2C[NH+](CC(C)C)CCO2)s1. The van der Waals surface area contributed by atoms with Crippen molar-refractivity contribution < 1.29 is 14.4 Å². The maximum atomic E-state index is 5.93. The molecule has 26 heavy (non-hydrogen) atoms. The number of anilines is 2. The number of aromatic nitrogens is 2. The minimum absolute atomic E-state index is 0.289. The number of methoxy groups -OCH3 is 1. The topological polar surface area (TPSA) is 60.7 Å². The van der Waals surface area contributed by atoms with Crippen LogP contribution in [0.25, 0.3) is 0 Å². The molecule has 6 nitrogen and oxygen atoms in total.